The van der Waals surface area contributed by atoms with Gasteiger partial charge in [-0.15, -0.1) is 0 Å². The maximum atomic E-state index is 4.37. The van der Waals surface area contributed by atoms with Crippen molar-refractivity contribution in [1.29, 1.82) is 0 Å². The zero-order chi connectivity index (χ0) is 12.4. The zero-order valence-corrected chi connectivity index (χ0v) is 11.6. The van der Waals surface area contributed by atoms with Gasteiger partial charge in [0.05, 0.1) is 10.2 Å². The average Bonchev–Trinajstić information content (AvgIpc) is 2.54. The molecule has 90 valence electrons. The van der Waals surface area contributed by atoms with Crippen molar-refractivity contribution in [3.05, 3.63) is 33.8 Å². The smallest absolute Gasteiger partial charge is 0.222 e. The Morgan fingerprint density at radius 1 is 1.29 bits per heavy atom. The molecule has 0 saturated carbocycles. The number of hydrogen-bond acceptors (Lipinski definition) is 4. The lowest BCUT2D eigenvalue weighted by atomic mass is 10.2. The maximum Gasteiger partial charge on any atom is 0.222 e. The molecule has 17 heavy (non-hydrogen) atoms. The van der Waals surface area contributed by atoms with Crippen molar-refractivity contribution in [1.82, 2.24) is 19.7 Å². The van der Waals surface area contributed by atoms with Gasteiger partial charge in [-0.2, -0.15) is 5.10 Å². The van der Waals surface area contributed by atoms with Gasteiger partial charge in [-0.25, -0.2) is 9.97 Å². The highest BCUT2D eigenvalue weighted by atomic mass is 79.9. The van der Waals surface area contributed by atoms with Gasteiger partial charge >= 0.3 is 0 Å². The van der Waals surface area contributed by atoms with Gasteiger partial charge in [0.1, 0.15) is 0 Å². The lowest BCUT2D eigenvalue weighted by molar-refractivity contribution is 0.730. The molecule has 0 aliphatic heterocycles. The molecule has 0 radical (unpaired) electrons. The molecule has 2 heterocycles. The summed E-state index contributed by atoms with van der Waals surface area (Å²) >= 11 is 3.30. The molecular weight excluding hydrogens is 282 g/mol. The van der Waals surface area contributed by atoms with Gasteiger partial charge in [0.2, 0.25) is 5.95 Å². The molecule has 0 amide bonds. The van der Waals surface area contributed by atoms with Crippen LogP contribution in [-0.4, -0.2) is 19.7 Å². The Kier molecular flexibility index (Phi) is 3.42. The van der Waals surface area contributed by atoms with Crippen molar-refractivity contribution in [2.45, 2.75) is 20.4 Å². The molecule has 0 aliphatic carbocycles. The monoisotopic (exact) mass is 295 g/mol. The Morgan fingerprint density at radius 3 is 2.47 bits per heavy atom. The Bertz CT molecular complexity index is 517. The van der Waals surface area contributed by atoms with Crippen LogP contribution in [0.15, 0.2) is 16.9 Å². The minimum atomic E-state index is 0.621. The molecule has 0 fully saturated rings. The topological polar surface area (TPSA) is 55.6 Å². The number of halogens is 1. The van der Waals surface area contributed by atoms with Crippen LogP contribution in [0.4, 0.5) is 5.95 Å². The second-order valence-corrected chi connectivity index (χ2v) is 4.77. The highest BCUT2D eigenvalue weighted by Crippen LogP contribution is 2.13. The fraction of sp³-hybridized carbons (Fsp3) is 0.364. The van der Waals surface area contributed by atoms with Crippen LogP contribution in [0, 0.1) is 13.8 Å². The van der Waals surface area contributed by atoms with E-state index in [0.717, 1.165) is 15.9 Å². The summed E-state index contributed by atoms with van der Waals surface area (Å²) in [6, 6.07) is 0. The van der Waals surface area contributed by atoms with Gasteiger partial charge in [-0.05, 0) is 29.8 Å². The third-order valence-electron chi connectivity index (χ3n) is 2.70. The molecule has 0 unspecified atom stereocenters. The minimum Gasteiger partial charge on any atom is -0.350 e. The van der Waals surface area contributed by atoms with E-state index in [1.54, 1.807) is 12.4 Å². The number of aromatic nitrogens is 4. The first kappa shape index (κ1) is 12.0. The summed E-state index contributed by atoms with van der Waals surface area (Å²) in [4.78, 5) is 8.33. The van der Waals surface area contributed by atoms with Crippen molar-refractivity contribution in [2.24, 2.45) is 7.05 Å². The van der Waals surface area contributed by atoms with Crippen molar-refractivity contribution in [3.8, 4) is 0 Å². The second-order valence-electron chi connectivity index (χ2n) is 3.85. The van der Waals surface area contributed by atoms with Crippen LogP contribution in [-0.2, 0) is 13.6 Å². The summed E-state index contributed by atoms with van der Waals surface area (Å²) in [5, 5.41) is 7.55. The average molecular weight is 296 g/mol. The summed E-state index contributed by atoms with van der Waals surface area (Å²) in [6.45, 7) is 4.75. The fourth-order valence-electron chi connectivity index (χ4n) is 1.64. The third kappa shape index (κ3) is 2.63. The number of hydrogen-bond donors (Lipinski definition) is 1. The number of anilines is 1. The second kappa shape index (κ2) is 4.83. The van der Waals surface area contributed by atoms with Gasteiger partial charge in [-0.3, -0.25) is 4.68 Å². The van der Waals surface area contributed by atoms with E-state index in [0.29, 0.717) is 12.5 Å². The lowest BCUT2D eigenvalue weighted by Gasteiger charge is -2.05. The molecule has 1 N–H and O–H groups in total. The first-order valence-electron chi connectivity index (χ1n) is 5.28. The molecular formula is C11H14BrN5. The van der Waals surface area contributed by atoms with E-state index >= 15 is 0 Å². The lowest BCUT2D eigenvalue weighted by Crippen LogP contribution is -2.05. The van der Waals surface area contributed by atoms with E-state index in [1.165, 1.54) is 5.56 Å². The molecule has 2 aromatic rings. The molecule has 6 heteroatoms. The van der Waals surface area contributed by atoms with E-state index < -0.39 is 0 Å². The summed E-state index contributed by atoms with van der Waals surface area (Å²) < 4.78 is 2.76. The number of nitrogens with one attached hydrogen (secondary N) is 1. The van der Waals surface area contributed by atoms with E-state index in [-0.39, 0.29) is 0 Å². The summed E-state index contributed by atoms with van der Waals surface area (Å²) in [5.41, 5.74) is 3.39. The molecule has 5 nitrogen and oxygen atoms in total. The van der Waals surface area contributed by atoms with Crippen LogP contribution in [0.5, 0.6) is 0 Å². The SMILES string of the molecule is Cc1nn(C)c(C)c1CNc1ncc(Br)cn1. The van der Waals surface area contributed by atoms with Crippen LogP contribution < -0.4 is 5.32 Å². The number of rotatable bonds is 3. The van der Waals surface area contributed by atoms with Crippen LogP contribution >= 0.6 is 15.9 Å². The Labute approximate surface area is 108 Å². The largest absolute Gasteiger partial charge is 0.350 e. The van der Waals surface area contributed by atoms with Crippen molar-refractivity contribution in [2.75, 3.05) is 5.32 Å². The molecule has 0 aromatic carbocycles. The predicted molar refractivity (Wildman–Crippen MR) is 69.7 cm³/mol. The standard InChI is InChI=1S/C11H14BrN5/c1-7-10(8(2)17(3)16-7)6-15-11-13-4-9(12)5-14-11/h4-5H,6H2,1-3H3,(H,13,14,15). The quantitative estimate of drug-likeness (QED) is 0.943. The van der Waals surface area contributed by atoms with E-state index in [9.17, 15) is 0 Å². The van der Waals surface area contributed by atoms with Crippen molar-refractivity contribution >= 4 is 21.9 Å². The molecule has 0 bridgehead atoms. The Morgan fingerprint density at radius 2 is 1.94 bits per heavy atom. The number of nitrogens with zero attached hydrogens (tertiary/aromatic N) is 4. The molecule has 2 rings (SSSR count). The van der Waals surface area contributed by atoms with Gasteiger partial charge in [0, 0.05) is 37.2 Å². The molecule has 2 aromatic heterocycles. The zero-order valence-electron chi connectivity index (χ0n) is 10.0. The van der Waals surface area contributed by atoms with E-state index in [1.807, 2.05) is 18.7 Å². The van der Waals surface area contributed by atoms with Gasteiger partial charge in [0.15, 0.2) is 0 Å². The van der Waals surface area contributed by atoms with Gasteiger partial charge < -0.3 is 5.32 Å². The molecule has 0 saturated heterocycles. The van der Waals surface area contributed by atoms with Crippen LogP contribution in [0.1, 0.15) is 17.0 Å². The third-order valence-corrected chi connectivity index (χ3v) is 3.11. The summed E-state index contributed by atoms with van der Waals surface area (Å²) in [7, 11) is 1.95. The highest BCUT2D eigenvalue weighted by Gasteiger charge is 2.09. The normalized spacial score (nSPS) is 10.6. The first-order valence-corrected chi connectivity index (χ1v) is 6.07. The predicted octanol–water partition coefficient (Wildman–Crippen LogP) is 2.20. The van der Waals surface area contributed by atoms with Gasteiger partial charge in [0.25, 0.3) is 0 Å². The first-order chi connectivity index (χ1) is 8.08. The highest BCUT2D eigenvalue weighted by molar-refractivity contribution is 9.10. The molecule has 0 atom stereocenters. The Balaban J connectivity index is 2.09. The molecule has 0 aliphatic rings. The van der Waals surface area contributed by atoms with E-state index in [4.69, 9.17) is 0 Å². The summed E-state index contributed by atoms with van der Waals surface area (Å²) in [6.07, 6.45) is 3.44. The summed E-state index contributed by atoms with van der Waals surface area (Å²) in [5.74, 6) is 0.621. The van der Waals surface area contributed by atoms with E-state index in [2.05, 4.69) is 43.2 Å². The fourth-order valence-corrected chi connectivity index (χ4v) is 1.85. The van der Waals surface area contributed by atoms with Crippen LogP contribution in [0.2, 0.25) is 0 Å². The minimum absolute atomic E-state index is 0.621. The van der Waals surface area contributed by atoms with Crippen molar-refractivity contribution < 1.29 is 0 Å². The maximum absolute atomic E-state index is 4.37. The van der Waals surface area contributed by atoms with Crippen LogP contribution in [0.25, 0.3) is 0 Å². The van der Waals surface area contributed by atoms with Crippen LogP contribution in [0.3, 0.4) is 0 Å². The number of aryl methyl sites for hydroxylation is 2. The van der Waals surface area contributed by atoms with Gasteiger partial charge in [-0.1, -0.05) is 0 Å². The Hall–Kier alpha value is -1.43. The van der Waals surface area contributed by atoms with Crippen molar-refractivity contribution in [3.63, 3.8) is 0 Å². The molecule has 0 spiro atoms.